The third kappa shape index (κ3) is 10.9. The number of carbonyl (C=O) groups excluding carboxylic acids is 3. The minimum absolute atomic E-state index is 0.0323. The van der Waals surface area contributed by atoms with Crippen molar-refractivity contribution in [2.45, 2.75) is 129 Å². The van der Waals surface area contributed by atoms with Crippen LogP contribution in [-0.2, 0) is 14.3 Å². The largest absolute Gasteiger partial charge is 0.508 e. The summed E-state index contributed by atoms with van der Waals surface area (Å²) in [6.45, 7) is 9.43. The zero-order valence-corrected chi connectivity index (χ0v) is 24.1. The molecule has 2 unspecified atom stereocenters. The number of hydrogen-bond donors (Lipinski definition) is 3. The normalized spacial score (nSPS) is 15.8. The molecule has 1 aliphatic carbocycles. The zero-order valence-electron chi connectivity index (χ0n) is 24.1. The quantitative estimate of drug-likeness (QED) is 0.271. The van der Waals surface area contributed by atoms with Gasteiger partial charge in [0.2, 0.25) is 11.8 Å². The number of hydrogen-bond acceptors (Lipinski definition) is 5. The van der Waals surface area contributed by atoms with Crippen LogP contribution in [0.15, 0.2) is 24.3 Å². The van der Waals surface area contributed by atoms with E-state index in [2.05, 4.69) is 17.6 Å². The Bertz CT molecular complexity index is 892. The van der Waals surface area contributed by atoms with Gasteiger partial charge in [-0.25, -0.2) is 4.79 Å². The van der Waals surface area contributed by atoms with E-state index < -0.39 is 23.8 Å². The van der Waals surface area contributed by atoms with Gasteiger partial charge in [-0.2, -0.15) is 0 Å². The minimum Gasteiger partial charge on any atom is -0.508 e. The second-order valence-corrected chi connectivity index (χ2v) is 11.5. The number of amides is 3. The van der Waals surface area contributed by atoms with Crippen LogP contribution in [0.4, 0.5) is 4.79 Å². The summed E-state index contributed by atoms with van der Waals surface area (Å²) in [5.41, 5.74) is -0.156. The van der Waals surface area contributed by atoms with Gasteiger partial charge in [-0.1, -0.05) is 70.4 Å². The molecule has 1 fully saturated rings. The van der Waals surface area contributed by atoms with Crippen molar-refractivity contribution in [2.24, 2.45) is 0 Å². The molecule has 1 aromatic rings. The lowest BCUT2D eigenvalue weighted by atomic mass is 9.94. The van der Waals surface area contributed by atoms with Crippen molar-refractivity contribution in [1.29, 1.82) is 0 Å². The van der Waals surface area contributed by atoms with E-state index >= 15 is 0 Å². The average molecular weight is 532 g/mol. The van der Waals surface area contributed by atoms with E-state index in [4.69, 9.17) is 4.74 Å². The zero-order chi connectivity index (χ0) is 28.1. The summed E-state index contributed by atoms with van der Waals surface area (Å²) >= 11 is 0. The number of phenolic OH excluding ortho intramolecular Hbond substituents is 1. The maximum atomic E-state index is 13.8. The lowest BCUT2D eigenvalue weighted by Crippen LogP contribution is -2.53. The van der Waals surface area contributed by atoms with Crippen LogP contribution < -0.4 is 10.6 Å². The molecule has 2 atom stereocenters. The Balaban J connectivity index is 2.31. The van der Waals surface area contributed by atoms with Crippen LogP contribution in [0.3, 0.4) is 0 Å². The number of alkyl carbamates (subject to hydrolysis) is 1. The molecule has 0 aliphatic heterocycles. The SMILES string of the molecule is CCCCCCCCN(C(=O)C(C)NC(=O)OC(C)(C)C)C(C(=O)NC1CCCCC1)c1cccc(O)c1. The lowest BCUT2D eigenvalue weighted by Gasteiger charge is -2.35. The molecule has 0 spiro atoms. The van der Waals surface area contributed by atoms with Gasteiger partial charge in [0.1, 0.15) is 23.4 Å². The second kappa shape index (κ2) is 15.6. The molecule has 214 valence electrons. The maximum absolute atomic E-state index is 13.8. The number of phenols is 1. The first kappa shape index (κ1) is 31.4. The number of ether oxygens (including phenoxy) is 1. The first-order valence-corrected chi connectivity index (χ1v) is 14.4. The van der Waals surface area contributed by atoms with E-state index in [1.165, 1.54) is 12.8 Å². The van der Waals surface area contributed by atoms with Gasteiger partial charge in [-0.15, -0.1) is 0 Å². The number of carbonyl (C=O) groups is 3. The number of rotatable bonds is 13. The molecule has 3 N–H and O–H groups in total. The summed E-state index contributed by atoms with van der Waals surface area (Å²) in [6.07, 6.45) is 10.7. The Morgan fingerprint density at radius 1 is 1.05 bits per heavy atom. The highest BCUT2D eigenvalue weighted by Crippen LogP contribution is 2.27. The van der Waals surface area contributed by atoms with Gasteiger partial charge in [0, 0.05) is 12.6 Å². The van der Waals surface area contributed by atoms with E-state index in [1.807, 2.05) is 0 Å². The molecule has 0 bridgehead atoms. The highest BCUT2D eigenvalue weighted by atomic mass is 16.6. The van der Waals surface area contributed by atoms with Gasteiger partial charge in [0.05, 0.1) is 0 Å². The van der Waals surface area contributed by atoms with Gasteiger partial charge in [0.25, 0.3) is 0 Å². The molecule has 38 heavy (non-hydrogen) atoms. The van der Waals surface area contributed by atoms with Gasteiger partial charge in [-0.05, 0) is 64.7 Å². The number of unbranched alkanes of at least 4 members (excludes halogenated alkanes) is 5. The summed E-state index contributed by atoms with van der Waals surface area (Å²) < 4.78 is 5.35. The number of benzene rings is 1. The van der Waals surface area contributed by atoms with Crippen LogP contribution in [0.1, 0.15) is 117 Å². The van der Waals surface area contributed by atoms with Crippen molar-refractivity contribution >= 4 is 17.9 Å². The highest BCUT2D eigenvalue weighted by Gasteiger charge is 2.35. The van der Waals surface area contributed by atoms with Crippen LogP contribution in [0.2, 0.25) is 0 Å². The molecule has 1 saturated carbocycles. The number of nitrogens with zero attached hydrogens (tertiary/aromatic N) is 1. The Morgan fingerprint density at radius 3 is 2.34 bits per heavy atom. The summed E-state index contributed by atoms with van der Waals surface area (Å²) in [5, 5.41) is 16.0. The fraction of sp³-hybridized carbons (Fsp3) is 0.700. The summed E-state index contributed by atoms with van der Waals surface area (Å²) in [4.78, 5) is 41.6. The molecular formula is C30H49N3O5. The first-order chi connectivity index (χ1) is 18.0. The molecule has 1 aromatic carbocycles. The van der Waals surface area contributed by atoms with Crippen molar-refractivity contribution in [2.75, 3.05) is 6.54 Å². The van der Waals surface area contributed by atoms with Crippen molar-refractivity contribution in [3.8, 4) is 5.75 Å². The lowest BCUT2D eigenvalue weighted by molar-refractivity contribution is -0.142. The molecule has 3 amide bonds. The van der Waals surface area contributed by atoms with E-state index in [-0.39, 0.29) is 23.6 Å². The fourth-order valence-electron chi connectivity index (χ4n) is 4.92. The predicted molar refractivity (Wildman–Crippen MR) is 150 cm³/mol. The van der Waals surface area contributed by atoms with E-state index in [1.54, 1.807) is 56.9 Å². The third-order valence-electron chi connectivity index (χ3n) is 6.84. The Kier molecular flexibility index (Phi) is 12.9. The van der Waals surface area contributed by atoms with Gasteiger partial charge in [0.15, 0.2) is 0 Å². The molecule has 2 rings (SSSR count). The number of nitrogens with one attached hydrogen (secondary N) is 2. The Labute approximate surface area is 228 Å². The van der Waals surface area contributed by atoms with Crippen LogP contribution >= 0.6 is 0 Å². The minimum atomic E-state index is -0.921. The van der Waals surface area contributed by atoms with E-state index in [0.717, 1.165) is 57.8 Å². The molecule has 0 radical (unpaired) electrons. The maximum Gasteiger partial charge on any atom is 0.408 e. The molecule has 8 nitrogen and oxygen atoms in total. The Hall–Kier alpha value is -2.77. The van der Waals surface area contributed by atoms with Gasteiger partial charge in [-0.3, -0.25) is 9.59 Å². The van der Waals surface area contributed by atoms with Crippen molar-refractivity contribution in [1.82, 2.24) is 15.5 Å². The van der Waals surface area contributed by atoms with Crippen molar-refractivity contribution in [3.05, 3.63) is 29.8 Å². The monoisotopic (exact) mass is 531 g/mol. The molecule has 0 heterocycles. The second-order valence-electron chi connectivity index (χ2n) is 11.5. The topological polar surface area (TPSA) is 108 Å². The summed E-state index contributed by atoms with van der Waals surface area (Å²) in [6, 6.07) is 4.78. The summed E-state index contributed by atoms with van der Waals surface area (Å²) in [5.74, 6) is -0.590. The third-order valence-corrected chi connectivity index (χ3v) is 6.84. The van der Waals surface area contributed by atoms with Crippen LogP contribution in [0.25, 0.3) is 0 Å². The molecule has 0 aromatic heterocycles. The summed E-state index contributed by atoms with van der Waals surface area (Å²) in [7, 11) is 0. The van der Waals surface area contributed by atoms with Gasteiger partial charge < -0.3 is 25.4 Å². The van der Waals surface area contributed by atoms with E-state index in [9.17, 15) is 19.5 Å². The Morgan fingerprint density at radius 2 is 1.71 bits per heavy atom. The van der Waals surface area contributed by atoms with Crippen molar-refractivity contribution < 1.29 is 24.2 Å². The first-order valence-electron chi connectivity index (χ1n) is 14.4. The average Bonchev–Trinajstić information content (AvgIpc) is 2.84. The standard InChI is InChI=1S/C30H49N3O5/c1-6-7-8-9-10-14-20-33(28(36)22(2)31-29(37)38-30(3,4)5)26(23-16-15-19-25(34)21-23)27(35)32-24-17-12-11-13-18-24/h15-16,19,21-22,24,26,34H,6-14,17-18,20H2,1-5H3,(H,31,37)(H,32,35). The molecular weight excluding hydrogens is 482 g/mol. The van der Waals surface area contributed by atoms with Crippen LogP contribution in [0.5, 0.6) is 5.75 Å². The molecule has 0 saturated heterocycles. The van der Waals surface area contributed by atoms with Crippen LogP contribution in [-0.4, -0.2) is 52.1 Å². The molecule has 8 heteroatoms. The van der Waals surface area contributed by atoms with Crippen molar-refractivity contribution in [3.63, 3.8) is 0 Å². The van der Waals surface area contributed by atoms with Crippen LogP contribution in [0, 0.1) is 0 Å². The fourth-order valence-corrected chi connectivity index (χ4v) is 4.92. The smallest absolute Gasteiger partial charge is 0.408 e. The van der Waals surface area contributed by atoms with E-state index in [0.29, 0.717) is 12.1 Å². The number of aromatic hydroxyl groups is 1. The molecule has 1 aliphatic rings. The highest BCUT2D eigenvalue weighted by molar-refractivity contribution is 5.92. The predicted octanol–water partition coefficient (Wildman–Crippen LogP) is 5.98. The van der Waals surface area contributed by atoms with Gasteiger partial charge >= 0.3 is 6.09 Å².